The lowest BCUT2D eigenvalue weighted by molar-refractivity contribution is 0.503. The van der Waals surface area contributed by atoms with Gasteiger partial charge < -0.3 is 48.8 Å². The summed E-state index contributed by atoms with van der Waals surface area (Å²) >= 11 is 6.80. The summed E-state index contributed by atoms with van der Waals surface area (Å²) in [5, 5.41) is 6.19. The van der Waals surface area contributed by atoms with E-state index >= 15 is 0 Å². The molecular formula is C36H40B2Br2N10O4. The topological polar surface area (TPSA) is 141 Å². The van der Waals surface area contributed by atoms with Crippen molar-refractivity contribution in [3.05, 3.63) is 90.8 Å². The van der Waals surface area contributed by atoms with Crippen LogP contribution in [0.2, 0.25) is 0 Å². The number of carbonyl (C=O) groups excluding carboxylic acids is 2. The number of pyridine rings is 4. The number of hydrogen-bond acceptors (Lipinski definition) is 12. The molecule has 4 atom stereocenters. The minimum atomic E-state index is -0.104. The summed E-state index contributed by atoms with van der Waals surface area (Å²) in [5.74, 6) is 3.62. The van der Waals surface area contributed by atoms with Crippen LogP contribution in [0, 0.1) is 23.7 Å². The fraction of sp³-hybridized carbons (Fsp3) is 0.389. The highest BCUT2D eigenvalue weighted by molar-refractivity contribution is 9.10. The second-order valence-electron chi connectivity index (χ2n) is 14.4. The van der Waals surface area contributed by atoms with E-state index in [4.69, 9.17) is 0 Å². The van der Waals surface area contributed by atoms with Gasteiger partial charge in [-0.1, -0.05) is 0 Å². The van der Waals surface area contributed by atoms with Crippen molar-refractivity contribution in [2.75, 3.05) is 72.8 Å². The van der Waals surface area contributed by atoms with Crippen molar-refractivity contribution in [2.24, 2.45) is 37.8 Å². The molecule has 0 saturated carbocycles. The first-order chi connectivity index (χ1) is 26.1. The van der Waals surface area contributed by atoms with Crippen molar-refractivity contribution < 1.29 is 9.59 Å². The summed E-state index contributed by atoms with van der Waals surface area (Å²) in [6.07, 6.45) is 8.88. The molecule has 0 spiro atoms. The fourth-order valence-corrected chi connectivity index (χ4v) is 9.06. The van der Waals surface area contributed by atoms with Crippen LogP contribution in [0.15, 0.2) is 79.7 Å². The van der Waals surface area contributed by atoms with Crippen molar-refractivity contribution in [3.63, 3.8) is 0 Å². The molecule has 4 aromatic rings. The standard InChI is InChI=1S/2C18H20BBrN5O2/c2*1-23-10-14(20)4-16(18(23)27)22-17-3-2-15(5-21-17)24-6-12-8-25(19-11-26)9-13(12)7-24/h2*2-5,10-13H,6-9H2,1H3,(H,21,22). The molecule has 2 radical (unpaired) electrons. The van der Waals surface area contributed by atoms with Gasteiger partial charge in [-0.25, -0.2) is 9.97 Å². The number of carbonyl (C=O) groups is 2. The smallest absolute Gasteiger partial charge is 0.293 e. The van der Waals surface area contributed by atoms with Crippen LogP contribution in [0.1, 0.15) is 0 Å². The van der Waals surface area contributed by atoms with Gasteiger partial charge in [0.15, 0.2) is 0 Å². The van der Waals surface area contributed by atoms with Crippen molar-refractivity contribution >= 4 is 93.4 Å². The lowest BCUT2D eigenvalue weighted by atomic mass is 9.95. The first-order valence-electron chi connectivity index (χ1n) is 17.8. The number of anilines is 6. The molecule has 14 nitrogen and oxygen atoms in total. The van der Waals surface area contributed by atoms with Crippen LogP contribution in [0.3, 0.4) is 0 Å². The number of nitrogens with zero attached hydrogens (tertiary/aromatic N) is 8. The minimum absolute atomic E-state index is 0.104. The Hall–Kier alpha value is -4.25. The average molecular weight is 858 g/mol. The zero-order valence-corrected chi connectivity index (χ0v) is 33.2. The zero-order chi connectivity index (χ0) is 37.9. The van der Waals surface area contributed by atoms with E-state index in [0.717, 1.165) is 85.0 Å². The molecular weight excluding hydrogens is 818 g/mol. The van der Waals surface area contributed by atoms with Gasteiger partial charge in [-0.15, -0.1) is 0 Å². The van der Waals surface area contributed by atoms with E-state index in [-0.39, 0.29) is 11.1 Å². The third-order valence-corrected chi connectivity index (χ3v) is 11.5. The van der Waals surface area contributed by atoms with Crippen molar-refractivity contribution in [1.29, 1.82) is 0 Å². The minimum Gasteiger partial charge on any atom is -0.370 e. The number of nitrogens with one attached hydrogen (secondary N) is 2. The van der Waals surface area contributed by atoms with Gasteiger partial charge in [-0.2, -0.15) is 0 Å². The third-order valence-electron chi connectivity index (χ3n) is 10.6. The lowest BCUT2D eigenvalue weighted by Gasteiger charge is -2.22. The second-order valence-corrected chi connectivity index (χ2v) is 16.2. The van der Waals surface area contributed by atoms with Crippen molar-refractivity contribution in [1.82, 2.24) is 28.7 Å². The number of hydrogen-bond donors (Lipinski definition) is 2. The number of halogens is 2. The summed E-state index contributed by atoms with van der Waals surface area (Å²) in [5.41, 5.74) is 2.93. The predicted molar refractivity (Wildman–Crippen MR) is 220 cm³/mol. The van der Waals surface area contributed by atoms with Crippen molar-refractivity contribution in [2.45, 2.75) is 0 Å². The quantitative estimate of drug-likeness (QED) is 0.179. The monoisotopic (exact) mass is 856 g/mol. The maximum absolute atomic E-state index is 12.2. The Morgan fingerprint density at radius 3 is 1.31 bits per heavy atom. The number of aryl methyl sites for hydroxylation is 2. The average Bonchev–Trinajstić information content (AvgIpc) is 3.91. The summed E-state index contributed by atoms with van der Waals surface area (Å²) in [6.45, 7) is 7.70. The van der Waals surface area contributed by atoms with Crippen LogP contribution in [0.4, 0.5) is 34.4 Å². The SMILES string of the molecule is Cn1cc(Br)cc(Nc2ccc(N3CC4CN([B]C=O)CC4C3)cn2)c1=O.Cn1cc(Br)cc(Nc2ccc(N3CC4CN([B]C=O)CC4C3)cn2)c1=O. The highest BCUT2D eigenvalue weighted by Gasteiger charge is 2.41. The van der Waals surface area contributed by atoms with Crippen LogP contribution in [-0.2, 0) is 23.7 Å². The van der Waals surface area contributed by atoms with E-state index in [1.165, 1.54) is 9.13 Å². The molecule has 8 heterocycles. The van der Waals surface area contributed by atoms with E-state index in [1.807, 2.05) is 36.7 Å². The van der Waals surface area contributed by atoms with Gasteiger partial charge in [0.1, 0.15) is 23.0 Å². The highest BCUT2D eigenvalue weighted by Crippen LogP contribution is 2.35. The molecule has 0 amide bonds. The van der Waals surface area contributed by atoms with Crippen LogP contribution in [0.25, 0.3) is 0 Å². The van der Waals surface area contributed by atoms with E-state index in [2.05, 4.69) is 71.9 Å². The van der Waals surface area contributed by atoms with Crippen LogP contribution in [-0.4, -0.2) is 108 Å². The Kier molecular flexibility index (Phi) is 11.7. The van der Waals surface area contributed by atoms with Gasteiger partial charge in [0, 0.05) is 61.6 Å². The predicted octanol–water partition coefficient (Wildman–Crippen LogP) is 2.93. The first kappa shape index (κ1) is 38.0. The molecule has 0 aliphatic carbocycles. The van der Waals surface area contributed by atoms with E-state index in [9.17, 15) is 19.2 Å². The first-order valence-corrected chi connectivity index (χ1v) is 19.4. The third kappa shape index (κ3) is 8.66. The zero-order valence-electron chi connectivity index (χ0n) is 30.0. The summed E-state index contributed by atoms with van der Waals surface area (Å²) in [4.78, 5) is 63.6. The molecule has 4 unspecified atom stereocenters. The molecule has 4 saturated heterocycles. The summed E-state index contributed by atoms with van der Waals surface area (Å²) < 4.78 is 4.70. The molecule has 18 heteroatoms. The van der Waals surface area contributed by atoms with Crippen LogP contribution < -0.4 is 31.6 Å². The maximum atomic E-state index is 12.2. The molecule has 4 aromatic heterocycles. The Bertz CT molecular complexity index is 1930. The van der Waals surface area contributed by atoms with Gasteiger partial charge in [0.05, 0.1) is 36.1 Å². The summed E-state index contributed by atoms with van der Waals surface area (Å²) in [6, 6.07) is 11.4. The largest absolute Gasteiger partial charge is 0.370 e. The van der Waals surface area contributed by atoms with Gasteiger partial charge in [-0.3, -0.25) is 9.59 Å². The van der Waals surface area contributed by atoms with Gasteiger partial charge in [-0.05, 0) is 118 Å². The molecule has 4 aliphatic heterocycles. The molecule has 2 N–H and O–H groups in total. The molecule has 54 heavy (non-hydrogen) atoms. The van der Waals surface area contributed by atoms with Gasteiger partial charge >= 0.3 is 0 Å². The molecule has 0 aromatic carbocycles. The second kappa shape index (κ2) is 16.6. The molecule has 278 valence electrons. The maximum Gasteiger partial charge on any atom is 0.293 e. The van der Waals surface area contributed by atoms with E-state index in [1.54, 1.807) is 53.5 Å². The highest BCUT2D eigenvalue weighted by atomic mass is 79.9. The number of aromatic nitrogens is 4. The van der Waals surface area contributed by atoms with Crippen molar-refractivity contribution in [3.8, 4) is 0 Å². The molecule has 8 rings (SSSR count). The van der Waals surface area contributed by atoms with E-state index in [0.29, 0.717) is 46.7 Å². The Balaban J connectivity index is 0.000000167. The Morgan fingerprint density at radius 1 is 0.630 bits per heavy atom. The Morgan fingerprint density at radius 2 is 1.00 bits per heavy atom. The normalized spacial score (nSPS) is 21.9. The fourth-order valence-electron chi connectivity index (χ4n) is 7.99. The number of rotatable bonds is 10. The van der Waals surface area contributed by atoms with Crippen LogP contribution >= 0.6 is 31.9 Å². The van der Waals surface area contributed by atoms with Gasteiger partial charge in [0.2, 0.25) is 0 Å². The molecule has 4 fully saturated rings. The van der Waals surface area contributed by atoms with Gasteiger partial charge in [0.25, 0.3) is 25.9 Å². The molecule has 0 bridgehead atoms. The molecule has 4 aliphatic rings. The number of fused-ring (bicyclic) bond motifs is 2. The van der Waals surface area contributed by atoms with E-state index < -0.39 is 0 Å². The Labute approximate surface area is 331 Å². The lowest BCUT2D eigenvalue weighted by Crippen LogP contribution is -2.31. The summed E-state index contributed by atoms with van der Waals surface area (Å²) in [7, 11) is 6.73. The van der Waals surface area contributed by atoms with Crippen LogP contribution in [0.5, 0.6) is 0 Å².